The summed E-state index contributed by atoms with van der Waals surface area (Å²) >= 11 is 0. The maximum Gasteiger partial charge on any atom is 0.230 e. The second-order valence-electron chi connectivity index (χ2n) is 4.85. The second kappa shape index (κ2) is 5.60. The summed E-state index contributed by atoms with van der Waals surface area (Å²) in [5.74, 6) is 2.05. The van der Waals surface area contributed by atoms with Crippen molar-refractivity contribution in [2.75, 3.05) is 13.6 Å². The summed E-state index contributed by atoms with van der Waals surface area (Å²) in [5, 5.41) is 8.05. The highest BCUT2D eigenvalue weighted by molar-refractivity contribution is 4.88. The fraction of sp³-hybridized carbons (Fsp3) is 0.833. The van der Waals surface area contributed by atoms with E-state index in [9.17, 15) is 0 Å². The van der Waals surface area contributed by atoms with Gasteiger partial charge in [0.25, 0.3) is 0 Å². The Morgan fingerprint density at radius 1 is 1.35 bits per heavy atom. The van der Waals surface area contributed by atoms with E-state index in [0.717, 1.165) is 25.4 Å². The first-order chi connectivity index (χ1) is 8.24. The van der Waals surface area contributed by atoms with Gasteiger partial charge in [0.15, 0.2) is 0 Å². The molecule has 0 bridgehead atoms. The van der Waals surface area contributed by atoms with Gasteiger partial charge in [-0.2, -0.15) is 0 Å². The lowest BCUT2D eigenvalue weighted by atomic mass is 10.0. The van der Waals surface area contributed by atoms with E-state index in [4.69, 9.17) is 10.2 Å². The predicted octanol–water partition coefficient (Wildman–Crippen LogP) is 1.19. The topological polar surface area (TPSA) is 68.2 Å². The Labute approximate surface area is 102 Å². The standard InChI is InChI=1S/C12H22N4O/c1-3-11-14-15-12(17-11)8-16(2)10-6-4-5-9(10)7-13/h9-10H,3-8,13H2,1-2H3. The van der Waals surface area contributed by atoms with Gasteiger partial charge in [-0.1, -0.05) is 13.3 Å². The number of hydrogen-bond donors (Lipinski definition) is 1. The monoisotopic (exact) mass is 238 g/mol. The van der Waals surface area contributed by atoms with E-state index in [0.29, 0.717) is 17.9 Å². The van der Waals surface area contributed by atoms with Crippen LogP contribution in [-0.4, -0.2) is 34.7 Å². The third-order valence-corrected chi connectivity index (χ3v) is 3.68. The van der Waals surface area contributed by atoms with Crippen LogP contribution in [0.1, 0.15) is 38.0 Å². The Hall–Kier alpha value is -0.940. The van der Waals surface area contributed by atoms with Gasteiger partial charge in [-0.15, -0.1) is 10.2 Å². The summed E-state index contributed by atoms with van der Waals surface area (Å²) in [6, 6.07) is 0.567. The predicted molar refractivity (Wildman–Crippen MR) is 65.3 cm³/mol. The van der Waals surface area contributed by atoms with Crippen LogP contribution in [0.4, 0.5) is 0 Å². The van der Waals surface area contributed by atoms with Gasteiger partial charge >= 0.3 is 0 Å². The molecule has 0 aliphatic heterocycles. The van der Waals surface area contributed by atoms with Crippen LogP contribution in [0.25, 0.3) is 0 Å². The Kier molecular flexibility index (Phi) is 4.12. The van der Waals surface area contributed by atoms with Crippen molar-refractivity contribution in [2.24, 2.45) is 11.7 Å². The Morgan fingerprint density at radius 2 is 2.12 bits per heavy atom. The minimum absolute atomic E-state index is 0.567. The summed E-state index contributed by atoms with van der Waals surface area (Å²) < 4.78 is 5.54. The minimum atomic E-state index is 0.567. The molecule has 2 atom stereocenters. The van der Waals surface area contributed by atoms with E-state index < -0.39 is 0 Å². The first-order valence-corrected chi connectivity index (χ1v) is 6.46. The fourth-order valence-electron chi connectivity index (χ4n) is 2.70. The quantitative estimate of drug-likeness (QED) is 0.834. The van der Waals surface area contributed by atoms with Gasteiger partial charge in [0.2, 0.25) is 11.8 Å². The lowest BCUT2D eigenvalue weighted by Gasteiger charge is -2.27. The molecule has 1 aliphatic carbocycles. The zero-order valence-electron chi connectivity index (χ0n) is 10.7. The van der Waals surface area contributed by atoms with E-state index in [1.165, 1.54) is 19.3 Å². The molecule has 1 aromatic heterocycles. The normalized spacial score (nSPS) is 24.7. The summed E-state index contributed by atoms with van der Waals surface area (Å²) in [6.07, 6.45) is 4.55. The first kappa shape index (κ1) is 12.5. The molecule has 2 N–H and O–H groups in total. The molecule has 1 aliphatic rings. The Bertz CT molecular complexity index is 352. The van der Waals surface area contributed by atoms with Crippen molar-refractivity contribution < 1.29 is 4.42 Å². The molecule has 1 heterocycles. The van der Waals surface area contributed by atoms with Crippen LogP contribution < -0.4 is 5.73 Å². The van der Waals surface area contributed by atoms with Crippen LogP contribution in [0.5, 0.6) is 0 Å². The van der Waals surface area contributed by atoms with Gasteiger partial charge in [-0.25, -0.2) is 0 Å². The van der Waals surface area contributed by atoms with Crippen molar-refractivity contribution in [1.29, 1.82) is 0 Å². The molecule has 1 aromatic rings. The van der Waals surface area contributed by atoms with Crippen molar-refractivity contribution in [3.05, 3.63) is 11.8 Å². The Balaban J connectivity index is 1.93. The van der Waals surface area contributed by atoms with Crippen LogP contribution >= 0.6 is 0 Å². The van der Waals surface area contributed by atoms with Gasteiger partial charge in [-0.05, 0) is 32.4 Å². The maximum atomic E-state index is 5.80. The molecule has 2 unspecified atom stereocenters. The van der Waals surface area contributed by atoms with Crippen molar-refractivity contribution >= 4 is 0 Å². The smallest absolute Gasteiger partial charge is 0.230 e. The van der Waals surface area contributed by atoms with E-state index in [-0.39, 0.29) is 0 Å². The van der Waals surface area contributed by atoms with Gasteiger partial charge in [0, 0.05) is 12.5 Å². The highest BCUT2D eigenvalue weighted by Gasteiger charge is 2.29. The lowest BCUT2D eigenvalue weighted by Crippen LogP contribution is -2.37. The molecular formula is C12H22N4O. The van der Waals surface area contributed by atoms with Gasteiger partial charge in [-0.3, -0.25) is 4.90 Å². The summed E-state index contributed by atoms with van der Waals surface area (Å²) in [5.41, 5.74) is 5.80. The fourth-order valence-corrected chi connectivity index (χ4v) is 2.70. The number of aryl methyl sites for hydroxylation is 1. The maximum absolute atomic E-state index is 5.80. The van der Waals surface area contributed by atoms with Crippen molar-refractivity contribution in [3.63, 3.8) is 0 Å². The zero-order valence-corrected chi connectivity index (χ0v) is 10.7. The molecular weight excluding hydrogens is 216 g/mol. The zero-order chi connectivity index (χ0) is 12.3. The van der Waals surface area contributed by atoms with Crippen LogP contribution in [0, 0.1) is 5.92 Å². The van der Waals surface area contributed by atoms with Crippen LogP contribution in [0.3, 0.4) is 0 Å². The van der Waals surface area contributed by atoms with E-state index in [2.05, 4.69) is 22.1 Å². The molecule has 0 aromatic carbocycles. The van der Waals surface area contributed by atoms with Gasteiger partial charge in [0.05, 0.1) is 6.54 Å². The molecule has 2 rings (SSSR count). The van der Waals surface area contributed by atoms with Gasteiger partial charge in [0.1, 0.15) is 0 Å². The van der Waals surface area contributed by atoms with Crippen molar-refractivity contribution in [3.8, 4) is 0 Å². The number of nitrogens with two attached hydrogens (primary N) is 1. The number of nitrogens with zero attached hydrogens (tertiary/aromatic N) is 3. The van der Waals surface area contributed by atoms with Crippen molar-refractivity contribution in [2.45, 2.75) is 45.2 Å². The van der Waals surface area contributed by atoms with Crippen LogP contribution in [0.2, 0.25) is 0 Å². The molecule has 0 radical (unpaired) electrons. The molecule has 0 saturated heterocycles. The lowest BCUT2D eigenvalue weighted by molar-refractivity contribution is 0.176. The molecule has 17 heavy (non-hydrogen) atoms. The van der Waals surface area contributed by atoms with E-state index in [1.54, 1.807) is 0 Å². The largest absolute Gasteiger partial charge is 0.424 e. The number of aromatic nitrogens is 2. The molecule has 1 fully saturated rings. The highest BCUT2D eigenvalue weighted by atomic mass is 16.4. The van der Waals surface area contributed by atoms with E-state index in [1.807, 2.05) is 6.92 Å². The number of rotatable bonds is 5. The molecule has 96 valence electrons. The summed E-state index contributed by atoms with van der Waals surface area (Å²) in [6.45, 7) is 3.52. The highest BCUT2D eigenvalue weighted by Crippen LogP contribution is 2.29. The third kappa shape index (κ3) is 2.84. The molecule has 0 spiro atoms. The average molecular weight is 238 g/mol. The molecule has 1 saturated carbocycles. The summed E-state index contributed by atoms with van der Waals surface area (Å²) in [7, 11) is 2.12. The van der Waals surface area contributed by atoms with Crippen LogP contribution in [-0.2, 0) is 13.0 Å². The second-order valence-corrected chi connectivity index (χ2v) is 4.85. The number of hydrogen-bond acceptors (Lipinski definition) is 5. The van der Waals surface area contributed by atoms with Crippen molar-refractivity contribution in [1.82, 2.24) is 15.1 Å². The Morgan fingerprint density at radius 3 is 2.76 bits per heavy atom. The third-order valence-electron chi connectivity index (χ3n) is 3.68. The molecule has 0 amide bonds. The SMILES string of the molecule is CCc1nnc(CN(C)C2CCCC2CN)o1. The minimum Gasteiger partial charge on any atom is -0.424 e. The molecule has 5 heteroatoms. The van der Waals surface area contributed by atoms with E-state index >= 15 is 0 Å². The van der Waals surface area contributed by atoms with Crippen LogP contribution in [0.15, 0.2) is 4.42 Å². The molecule has 5 nitrogen and oxygen atoms in total. The first-order valence-electron chi connectivity index (χ1n) is 6.46. The average Bonchev–Trinajstić information content (AvgIpc) is 2.96. The summed E-state index contributed by atoms with van der Waals surface area (Å²) in [4.78, 5) is 2.30. The van der Waals surface area contributed by atoms with Gasteiger partial charge < -0.3 is 10.2 Å².